The Morgan fingerprint density at radius 3 is 2.43 bits per heavy atom. The largest absolute Gasteiger partial charge is 0.452 e. The first-order chi connectivity index (χ1) is 13.2. The van der Waals surface area contributed by atoms with Gasteiger partial charge in [-0.2, -0.15) is 0 Å². The lowest BCUT2D eigenvalue weighted by Crippen LogP contribution is -2.35. The highest BCUT2D eigenvalue weighted by molar-refractivity contribution is 6.33. The van der Waals surface area contributed by atoms with Crippen LogP contribution in [0.15, 0.2) is 30.3 Å². The van der Waals surface area contributed by atoms with Gasteiger partial charge < -0.3 is 15.4 Å². The Balaban J connectivity index is 1.82. The van der Waals surface area contributed by atoms with Crippen LogP contribution in [0.25, 0.3) is 0 Å². The second-order valence-electron chi connectivity index (χ2n) is 5.56. The highest BCUT2D eigenvalue weighted by Crippen LogP contribution is 2.23. The molecule has 0 saturated heterocycles. The number of hydrogen-bond acceptors (Lipinski definition) is 4. The van der Waals surface area contributed by atoms with Gasteiger partial charge in [0.2, 0.25) is 5.91 Å². The maximum absolute atomic E-state index is 13.2. The molecule has 0 heterocycles. The quantitative estimate of drug-likeness (QED) is 0.542. The minimum absolute atomic E-state index is 0.361. The monoisotopic (exact) mass is 430 g/mol. The van der Waals surface area contributed by atoms with Crippen molar-refractivity contribution in [3.63, 3.8) is 0 Å². The van der Waals surface area contributed by atoms with Crippen molar-refractivity contribution in [3.8, 4) is 0 Å². The number of carbonyl (C=O) groups is 3. The molecule has 0 aromatic heterocycles. The van der Waals surface area contributed by atoms with Crippen LogP contribution in [0, 0.1) is 18.6 Å². The maximum Gasteiger partial charge on any atom is 0.340 e. The summed E-state index contributed by atoms with van der Waals surface area (Å²) in [4.78, 5) is 35.4. The predicted octanol–water partition coefficient (Wildman–Crippen LogP) is 3.49. The maximum atomic E-state index is 13.2. The van der Waals surface area contributed by atoms with Gasteiger partial charge in [-0.25, -0.2) is 13.6 Å². The van der Waals surface area contributed by atoms with Crippen LogP contribution in [0.5, 0.6) is 0 Å². The molecule has 0 radical (unpaired) electrons. The van der Waals surface area contributed by atoms with Crippen LogP contribution in [0.3, 0.4) is 0 Å². The van der Waals surface area contributed by atoms with E-state index in [1.807, 2.05) is 0 Å². The molecule has 0 unspecified atom stereocenters. The van der Waals surface area contributed by atoms with Crippen LogP contribution >= 0.6 is 23.2 Å². The molecular formula is C18H14Cl2F2N2O4. The first kappa shape index (κ1) is 21.6. The molecule has 2 rings (SSSR count). The summed E-state index contributed by atoms with van der Waals surface area (Å²) in [5.41, 5.74) is 0.731. The number of carbonyl (C=O) groups excluding carboxylic acids is 3. The number of benzene rings is 2. The Morgan fingerprint density at radius 2 is 1.71 bits per heavy atom. The van der Waals surface area contributed by atoms with Crippen LogP contribution in [0.2, 0.25) is 10.0 Å². The molecule has 148 valence electrons. The number of amides is 2. The SMILES string of the molecule is Cc1c(Cl)cccc1NC(=O)CNC(=O)COC(=O)c1cc(F)c(F)cc1Cl. The minimum atomic E-state index is -1.28. The second kappa shape index (κ2) is 9.48. The molecular weight excluding hydrogens is 417 g/mol. The van der Waals surface area contributed by atoms with Gasteiger partial charge in [-0.15, -0.1) is 0 Å². The summed E-state index contributed by atoms with van der Waals surface area (Å²) in [5.74, 6) is -4.91. The summed E-state index contributed by atoms with van der Waals surface area (Å²) in [7, 11) is 0. The van der Waals surface area contributed by atoms with Crippen molar-refractivity contribution in [2.24, 2.45) is 0 Å². The number of nitrogens with one attached hydrogen (secondary N) is 2. The molecule has 0 aliphatic carbocycles. The van der Waals surface area contributed by atoms with E-state index in [2.05, 4.69) is 15.4 Å². The van der Waals surface area contributed by atoms with Crippen molar-refractivity contribution in [2.75, 3.05) is 18.5 Å². The Bertz CT molecular complexity index is 938. The van der Waals surface area contributed by atoms with Crippen molar-refractivity contribution < 1.29 is 27.9 Å². The van der Waals surface area contributed by atoms with Gasteiger partial charge >= 0.3 is 5.97 Å². The lowest BCUT2D eigenvalue weighted by atomic mass is 10.2. The molecule has 28 heavy (non-hydrogen) atoms. The van der Waals surface area contributed by atoms with Crippen molar-refractivity contribution in [2.45, 2.75) is 6.92 Å². The van der Waals surface area contributed by atoms with Gasteiger partial charge in [0.15, 0.2) is 18.2 Å². The van der Waals surface area contributed by atoms with E-state index >= 15 is 0 Å². The van der Waals surface area contributed by atoms with Crippen molar-refractivity contribution in [1.29, 1.82) is 0 Å². The molecule has 10 heteroatoms. The van der Waals surface area contributed by atoms with E-state index in [9.17, 15) is 23.2 Å². The summed E-state index contributed by atoms with van der Waals surface area (Å²) in [6, 6.07) is 6.16. The van der Waals surface area contributed by atoms with E-state index in [1.54, 1.807) is 25.1 Å². The molecule has 2 N–H and O–H groups in total. The van der Waals surface area contributed by atoms with Crippen LogP contribution in [-0.4, -0.2) is 30.9 Å². The Labute approximate surface area is 168 Å². The summed E-state index contributed by atoms with van der Waals surface area (Å²) in [5, 5.41) is 4.94. The third kappa shape index (κ3) is 5.64. The van der Waals surface area contributed by atoms with E-state index in [4.69, 9.17) is 23.2 Å². The summed E-state index contributed by atoms with van der Waals surface area (Å²) in [6.45, 7) is 0.602. The molecule has 0 aliphatic heterocycles. The average Bonchev–Trinajstić information content (AvgIpc) is 2.64. The van der Waals surface area contributed by atoms with E-state index in [-0.39, 0.29) is 11.6 Å². The number of rotatable bonds is 6. The van der Waals surface area contributed by atoms with E-state index in [0.717, 1.165) is 0 Å². The average molecular weight is 431 g/mol. The number of halogens is 4. The van der Waals surface area contributed by atoms with Gasteiger partial charge in [-0.05, 0) is 36.8 Å². The van der Waals surface area contributed by atoms with Gasteiger partial charge in [0.25, 0.3) is 5.91 Å². The van der Waals surface area contributed by atoms with Crippen LogP contribution in [0.1, 0.15) is 15.9 Å². The number of ether oxygens (including phenoxy) is 1. The molecule has 0 bridgehead atoms. The summed E-state index contributed by atoms with van der Waals surface area (Å²) in [6.07, 6.45) is 0. The predicted molar refractivity (Wildman–Crippen MR) is 99.5 cm³/mol. The Kier molecular flexibility index (Phi) is 7.31. The molecule has 2 amide bonds. The van der Waals surface area contributed by atoms with Gasteiger partial charge in [0.05, 0.1) is 17.1 Å². The fourth-order valence-electron chi connectivity index (χ4n) is 2.06. The number of hydrogen-bond donors (Lipinski definition) is 2. The molecule has 0 aliphatic rings. The van der Waals surface area contributed by atoms with Gasteiger partial charge in [-0.1, -0.05) is 29.3 Å². The summed E-state index contributed by atoms with van der Waals surface area (Å²) >= 11 is 11.6. The third-order valence-electron chi connectivity index (χ3n) is 3.55. The van der Waals surface area contributed by atoms with Gasteiger partial charge in [0.1, 0.15) is 0 Å². The lowest BCUT2D eigenvalue weighted by Gasteiger charge is -2.10. The molecule has 0 saturated carbocycles. The standard InChI is InChI=1S/C18H14Cl2F2N2O4/c1-9-11(19)3-2-4-15(9)24-16(25)7-23-17(26)8-28-18(27)10-5-13(21)14(22)6-12(10)20/h2-6H,7-8H2,1H3,(H,23,26)(H,24,25). The van der Waals surface area contributed by atoms with Crippen LogP contribution in [0.4, 0.5) is 14.5 Å². The van der Waals surface area contributed by atoms with Gasteiger partial charge in [0, 0.05) is 10.7 Å². The molecule has 0 spiro atoms. The first-order valence-corrected chi connectivity index (χ1v) is 8.58. The molecule has 2 aromatic rings. The van der Waals surface area contributed by atoms with Crippen LogP contribution < -0.4 is 10.6 Å². The molecule has 6 nitrogen and oxygen atoms in total. The lowest BCUT2D eigenvalue weighted by molar-refractivity contribution is -0.126. The first-order valence-electron chi connectivity index (χ1n) is 7.82. The zero-order chi connectivity index (χ0) is 20.8. The fourth-order valence-corrected chi connectivity index (χ4v) is 2.46. The van der Waals surface area contributed by atoms with Crippen LogP contribution in [-0.2, 0) is 14.3 Å². The second-order valence-corrected chi connectivity index (χ2v) is 6.37. The number of anilines is 1. The van der Waals surface area contributed by atoms with Crippen molar-refractivity contribution in [3.05, 3.63) is 63.1 Å². The third-order valence-corrected chi connectivity index (χ3v) is 4.27. The zero-order valence-corrected chi connectivity index (χ0v) is 16.0. The summed E-state index contributed by atoms with van der Waals surface area (Å²) < 4.78 is 30.9. The molecule has 0 atom stereocenters. The van der Waals surface area contributed by atoms with E-state index in [0.29, 0.717) is 28.4 Å². The Hall–Kier alpha value is -2.71. The van der Waals surface area contributed by atoms with Gasteiger partial charge in [-0.3, -0.25) is 9.59 Å². The van der Waals surface area contributed by atoms with E-state index in [1.165, 1.54) is 0 Å². The van der Waals surface area contributed by atoms with Crippen molar-refractivity contribution in [1.82, 2.24) is 5.32 Å². The highest BCUT2D eigenvalue weighted by Gasteiger charge is 2.17. The molecule has 2 aromatic carbocycles. The smallest absolute Gasteiger partial charge is 0.340 e. The highest BCUT2D eigenvalue weighted by atomic mass is 35.5. The topological polar surface area (TPSA) is 84.5 Å². The number of esters is 1. The molecule has 0 fully saturated rings. The minimum Gasteiger partial charge on any atom is -0.452 e. The fraction of sp³-hybridized carbons (Fsp3) is 0.167. The van der Waals surface area contributed by atoms with E-state index < -0.39 is 41.6 Å². The zero-order valence-electron chi connectivity index (χ0n) is 14.4. The Morgan fingerprint density at radius 1 is 1.04 bits per heavy atom. The normalized spacial score (nSPS) is 10.3. The van der Waals surface area contributed by atoms with Crippen molar-refractivity contribution >= 4 is 46.7 Å².